The van der Waals surface area contributed by atoms with Gasteiger partial charge in [0.15, 0.2) is 5.13 Å². The number of carbonyl (C=O) groups excluding carboxylic acids is 1. The number of halogens is 1. The van der Waals surface area contributed by atoms with Gasteiger partial charge in [0.2, 0.25) is 0 Å². The van der Waals surface area contributed by atoms with Crippen molar-refractivity contribution in [1.29, 1.82) is 0 Å². The second kappa shape index (κ2) is 6.68. The minimum atomic E-state index is -0.189. The van der Waals surface area contributed by atoms with E-state index < -0.39 is 0 Å². The van der Waals surface area contributed by atoms with Crippen LogP contribution in [0.25, 0.3) is 0 Å². The van der Waals surface area contributed by atoms with Gasteiger partial charge < -0.3 is 0 Å². The van der Waals surface area contributed by atoms with Crippen molar-refractivity contribution in [2.75, 3.05) is 5.32 Å². The van der Waals surface area contributed by atoms with E-state index in [2.05, 4.69) is 15.3 Å². The topological polar surface area (TPSA) is 54.9 Å². The fourth-order valence-corrected chi connectivity index (χ4v) is 3.02. The van der Waals surface area contributed by atoms with Gasteiger partial charge in [0.05, 0.1) is 0 Å². The smallest absolute Gasteiger partial charge is 0.257 e. The van der Waals surface area contributed by atoms with Gasteiger partial charge in [-0.2, -0.15) is 0 Å². The maximum Gasteiger partial charge on any atom is 0.257 e. The van der Waals surface area contributed by atoms with Crippen LogP contribution in [0.1, 0.15) is 20.8 Å². The molecule has 0 aliphatic heterocycles. The van der Waals surface area contributed by atoms with Crippen LogP contribution in [0.5, 0.6) is 0 Å². The van der Waals surface area contributed by atoms with Gasteiger partial charge >= 0.3 is 0 Å². The Morgan fingerprint density at radius 3 is 2.82 bits per heavy atom. The third kappa shape index (κ3) is 3.69. The number of pyridine rings is 1. The second-order valence-electron chi connectivity index (χ2n) is 4.63. The zero-order valence-electron chi connectivity index (χ0n) is 11.5. The number of hydrogen-bond donors (Lipinski definition) is 1. The lowest BCUT2D eigenvalue weighted by molar-refractivity contribution is 0.102. The van der Waals surface area contributed by atoms with Crippen molar-refractivity contribution in [2.45, 2.75) is 6.42 Å². The molecular weight excluding hydrogens is 318 g/mol. The van der Waals surface area contributed by atoms with E-state index in [4.69, 9.17) is 11.6 Å². The van der Waals surface area contributed by atoms with Crippen LogP contribution in [0.4, 0.5) is 5.13 Å². The van der Waals surface area contributed by atoms with Crippen LogP contribution in [0.3, 0.4) is 0 Å². The van der Waals surface area contributed by atoms with E-state index in [1.54, 1.807) is 30.7 Å². The molecular formula is C16H12ClN3OS. The molecule has 0 atom stereocenters. The number of hydrogen-bond acceptors (Lipinski definition) is 4. The Kier molecular flexibility index (Phi) is 4.46. The zero-order chi connectivity index (χ0) is 15.4. The van der Waals surface area contributed by atoms with E-state index in [-0.39, 0.29) is 5.91 Å². The van der Waals surface area contributed by atoms with Crippen LogP contribution in [0, 0.1) is 0 Å². The highest BCUT2D eigenvalue weighted by Crippen LogP contribution is 2.22. The molecule has 0 fully saturated rings. The summed E-state index contributed by atoms with van der Waals surface area (Å²) in [4.78, 5) is 21.2. The molecule has 1 amide bonds. The molecule has 110 valence electrons. The highest BCUT2D eigenvalue weighted by atomic mass is 35.5. The standard InChI is InChI=1S/C16H12ClN3OS/c17-13-3-1-2-11(8-13)9-14-10-19-16(22-14)20-15(21)12-4-6-18-7-5-12/h1-8,10H,9H2,(H,19,20,21). The summed E-state index contributed by atoms with van der Waals surface area (Å²) in [7, 11) is 0. The van der Waals surface area contributed by atoms with Crippen molar-refractivity contribution in [3.05, 3.63) is 76.0 Å². The molecule has 2 aromatic heterocycles. The minimum absolute atomic E-state index is 0.189. The summed E-state index contributed by atoms with van der Waals surface area (Å²) in [5.74, 6) is -0.189. The Morgan fingerprint density at radius 2 is 2.05 bits per heavy atom. The summed E-state index contributed by atoms with van der Waals surface area (Å²) < 4.78 is 0. The molecule has 0 aliphatic rings. The molecule has 1 aromatic carbocycles. The average Bonchev–Trinajstić information content (AvgIpc) is 2.95. The van der Waals surface area contributed by atoms with Gasteiger partial charge in [-0.1, -0.05) is 23.7 Å². The maximum atomic E-state index is 12.0. The summed E-state index contributed by atoms with van der Waals surface area (Å²) in [5, 5.41) is 4.09. The van der Waals surface area contributed by atoms with Crippen LogP contribution in [0.15, 0.2) is 55.0 Å². The summed E-state index contributed by atoms with van der Waals surface area (Å²) in [6.45, 7) is 0. The Hall–Kier alpha value is -2.24. The second-order valence-corrected chi connectivity index (χ2v) is 6.18. The number of carbonyl (C=O) groups is 1. The molecule has 4 nitrogen and oxygen atoms in total. The number of anilines is 1. The average molecular weight is 330 g/mol. The van der Waals surface area contributed by atoms with Crippen molar-refractivity contribution >= 4 is 34.0 Å². The predicted molar refractivity (Wildman–Crippen MR) is 88.6 cm³/mol. The number of benzene rings is 1. The van der Waals surface area contributed by atoms with Crippen LogP contribution >= 0.6 is 22.9 Å². The van der Waals surface area contributed by atoms with Crippen LogP contribution in [0.2, 0.25) is 5.02 Å². The predicted octanol–water partition coefficient (Wildman–Crippen LogP) is 4.03. The molecule has 0 spiro atoms. The molecule has 1 N–H and O–H groups in total. The molecule has 0 radical (unpaired) electrons. The van der Waals surface area contributed by atoms with E-state index in [0.717, 1.165) is 16.9 Å². The van der Waals surface area contributed by atoms with E-state index in [1.165, 1.54) is 11.3 Å². The molecule has 2 heterocycles. The van der Waals surface area contributed by atoms with Gasteiger partial charge in [0.1, 0.15) is 0 Å². The number of thiazole rings is 1. The van der Waals surface area contributed by atoms with Gasteiger partial charge in [0.25, 0.3) is 5.91 Å². The number of amides is 1. The van der Waals surface area contributed by atoms with Crippen molar-refractivity contribution < 1.29 is 4.79 Å². The lowest BCUT2D eigenvalue weighted by Crippen LogP contribution is -2.11. The van der Waals surface area contributed by atoms with E-state index in [0.29, 0.717) is 15.7 Å². The summed E-state index contributed by atoms with van der Waals surface area (Å²) in [6, 6.07) is 11.0. The molecule has 6 heteroatoms. The lowest BCUT2D eigenvalue weighted by atomic mass is 10.1. The molecule has 0 aliphatic carbocycles. The fourth-order valence-electron chi connectivity index (χ4n) is 1.97. The first kappa shape index (κ1) is 14.7. The monoisotopic (exact) mass is 329 g/mol. The summed E-state index contributed by atoms with van der Waals surface area (Å²) in [5.41, 5.74) is 1.67. The number of rotatable bonds is 4. The molecule has 3 rings (SSSR count). The van der Waals surface area contributed by atoms with Crippen molar-refractivity contribution in [3.63, 3.8) is 0 Å². The Labute approximate surface area is 136 Å². The van der Waals surface area contributed by atoms with Crippen molar-refractivity contribution in [1.82, 2.24) is 9.97 Å². The normalized spacial score (nSPS) is 10.4. The van der Waals surface area contributed by atoms with Gasteiger partial charge in [0, 0.05) is 40.5 Å². The van der Waals surface area contributed by atoms with Crippen LogP contribution in [-0.2, 0) is 6.42 Å². The highest BCUT2D eigenvalue weighted by molar-refractivity contribution is 7.15. The maximum absolute atomic E-state index is 12.0. The van der Waals surface area contributed by atoms with Crippen molar-refractivity contribution in [2.24, 2.45) is 0 Å². The third-order valence-corrected chi connectivity index (χ3v) is 4.13. The highest BCUT2D eigenvalue weighted by Gasteiger charge is 2.09. The number of nitrogens with zero attached hydrogens (tertiary/aromatic N) is 2. The van der Waals surface area contributed by atoms with E-state index in [1.807, 2.05) is 24.3 Å². The first-order valence-electron chi connectivity index (χ1n) is 6.61. The summed E-state index contributed by atoms with van der Waals surface area (Å²) in [6.07, 6.45) is 5.68. The van der Waals surface area contributed by atoms with E-state index >= 15 is 0 Å². The lowest BCUT2D eigenvalue weighted by Gasteiger charge is -2.00. The summed E-state index contributed by atoms with van der Waals surface area (Å²) >= 11 is 7.43. The quantitative estimate of drug-likeness (QED) is 0.786. The molecule has 22 heavy (non-hydrogen) atoms. The van der Waals surface area contributed by atoms with Gasteiger partial charge in [-0.05, 0) is 29.8 Å². The van der Waals surface area contributed by atoms with Gasteiger partial charge in [-0.3, -0.25) is 15.1 Å². The number of aromatic nitrogens is 2. The molecule has 0 saturated carbocycles. The van der Waals surface area contributed by atoms with Crippen molar-refractivity contribution in [3.8, 4) is 0 Å². The van der Waals surface area contributed by atoms with Crippen LogP contribution < -0.4 is 5.32 Å². The molecule has 0 saturated heterocycles. The Balaban J connectivity index is 1.68. The van der Waals surface area contributed by atoms with E-state index in [9.17, 15) is 4.79 Å². The number of nitrogens with one attached hydrogen (secondary N) is 1. The minimum Gasteiger partial charge on any atom is -0.298 e. The zero-order valence-corrected chi connectivity index (χ0v) is 13.1. The first-order chi connectivity index (χ1) is 10.7. The van der Waals surface area contributed by atoms with Gasteiger partial charge in [-0.25, -0.2) is 4.98 Å². The molecule has 0 bridgehead atoms. The SMILES string of the molecule is O=C(Nc1ncc(Cc2cccc(Cl)c2)s1)c1ccncc1. The Morgan fingerprint density at radius 1 is 1.23 bits per heavy atom. The Bertz CT molecular complexity index is 789. The third-order valence-electron chi connectivity index (χ3n) is 2.98. The first-order valence-corrected chi connectivity index (χ1v) is 7.81. The molecule has 0 unspecified atom stereocenters. The fraction of sp³-hybridized carbons (Fsp3) is 0.0625. The largest absolute Gasteiger partial charge is 0.298 e. The molecule has 3 aromatic rings. The van der Waals surface area contributed by atoms with Gasteiger partial charge in [-0.15, -0.1) is 11.3 Å². The van der Waals surface area contributed by atoms with Crippen LogP contribution in [-0.4, -0.2) is 15.9 Å².